The number of halogens is 2. The number of ether oxygens (including phenoxy) is 2. The Hall–Kier alpha value is -1.84. The fraction of sp³-hybridized carbons (Fsp3) is 0.421. The average molecular weight is 547 g/mol. The van der Waals surface area contributed by atoms with Crippen LogP contribution in [0.25, 0.3) is 10.7 Å². The van der Waals surface area contributed by atoms with E-state index in [0.717, 1.165) is 0 Å². The van der Waals surface area contributed by atoms with Gasteiger partial charge in [-0.15, -0.1) is 29.1 Å². The van der Waals surface area contributed by atoms with Gasteiger partial charge in [0.25, 0.3) is 5.91 Å². The van der Waals surface area contributed by atoms with Crippen LogP contribution in [0, 0.1) is 0 Å². The molecule has 0 aliphatic carbocycles. The summed E-state index contributed by atoms with van der Waals surface area (Å²) in [7, 11) is 2.65. The number of alkyl halides is 1. The minimum atomic E-state index is -2.10. The van der Waals surface area contributed by atoms with Gasteiger partial charge in [0.05, 0.1) is 12.8 Å². The van der Waals surface area contributed by atoms with Crippen LogP contribution < -0.4 is 5.32 Å². The maximum absolute atomic E-state index is 13.5. The van der Waals surface area contributed by atoms with Crippen LogP contribution in [0.4, 0.5) is 0 Å². The molecule has 0 saturated carbocycles. The molecule has 34 heavy (non-hydrogen) atoms. The second kappa shape index (κ2) is 9.32. The number of carbonyl (C=O) groups excluding carboxylic acids is 1. The quantitative estimate of drug-likeness (QED) is 0.261. The van der Waals surface area contributed by atoms with Crippen LogP contribution in [0.15, 0.2) is 36.1 Å². The molecule has 0 aromatic carbocycles. The number of hydrogen-bond donors (Lipinski definition) is 4. The molecule has 3 aromatic heterocycles. The molecular formula is C19H20Cl2N6O5S2. The number of likely N-dealkylation sites (N-methyl/N-ethyl adjacent to an activating group) is 1. The minimum absolute atomic E-state index is 0.266. The third-order valence-electron chi connectivity index (χ3n) is 5.78. The highest BCUT2D eigenvalue weighted by molar-refractivity contribution is 7.80. The van der Waals surface area contributed by atoms with Crippen molar-refractivity contribution >= 4 is 53.1 Å². The summed E-state index contributed by atoms with van der Waals surface area (Å²) in [5, 5.41) is 33.1. The standard InChI is InChI=1S/C19H20Cl2N6O5S2/c1-22-15(30)19(31-2)16(33)32-17(21,9-28)14(29)18(19,10-4-3-5-23-6-10)27-7-11(25-26-27)13-24-12(20)8-34-13/h3-8,14,16,28-29,33H,9H2,1-2H3,(H,22,30)/t14-,16+,17+,18?,19-/m0/s1. The number of nitrogens with zero attached hydrogens (tertiary/aromatic N) is 5. The molecule has 3 aromatic rings. The summed E-state index contributed by atoms with van der Waals surface area (Å²) < 4.78 is 12.8. The van der Waals surface area contributed by atoms with Gasteiger partial charge in [0.1, 0.15) is 27.4 Å². The number of aromatic nitrogens is 5. The number of aliphatic hydroxyl groups excluding tert-OH is 2. The van der Waals surface area contributed by atoms with Gasteiger partial charge in [0.2, 0.25) is 5.60 Å². The third-order valence-corrected chi connectivity index (χ3v) is 7.85. The summed E-state index contributed by atoms with van der Waals surface area (Å²) in [4.78, 5) is 21.9. The van der Waals surface area contributed by atoms with Gasteiger partial charge in [0.15, 0.2) is 10.6 Å². The first-order valence-corrected chi connectivity index (χ1v) is 11.9. The molecule has 5 atom stereocenters. The van der Waals surface area contributed by atoms with E-state index in [4.69, 9.17) is 32.7 Å². The first-order chi connectivity index (χ1) is 16.2. The number of methoxy groups -OCH3 is 1. The van der Waals surface area contributed by atoms with Crippen LogP contribution in [0.3, 0.4) is 0 Å². The molecule has 1 aliphatic heterocycles. The molecule has 1 saturated heterocycles. The van der Waals surface area contributed by atoms with Crippen molar-refractivity contribution in [1.82, 2.24) is 30.3 Å². The molecule has 15 heteroatoms. The predicted molar refractivity (Wildman–Crippen MR) is 127 cm³/mol. The molecule has 0 radical (unpaired) electrons. The lowest BCUT2D eigenvalue weighted by Gasteiger charge is -2.59. The molecule has 182 valence electrons. The van der Waals surface area contributed by atoms with Crippen molar-refractivity contribution in [3.63, 3.8) is 0 Å². The zero-order chi connectivity index (χ0) is 24.7. The Bertz CT molecular complexity index is 1180. The van der Waals surface area contributed by atoms with E-state index in [-0.39, 0.29) is 10.7 Å². The first kappa shape index (κ1) is 25.3. The second-order valence-corrected chi connectivity index (χ2v) is 9.72. The van der Waals surface area contributed by atoms with Gasteiger partial charge in [-0.05, 0) is 6.07 Å². The Morgan fingerprint density at radius 3 is 2.82 bits per heavy atom. The van der Waals surface area contributed by atoms with Gasteiger partial charge in [-0.1, -0.05) is 34.5 Å². The number of aliphatic hydroxyl groups is 2. The summed E-state index contributed by atoms with van der Waals surface area (Å²) in [5.74, 6) is -0.705. The summed E-state index contributed by atoms with van der Waals surface area (Å²) in [6.07, 6.45) is 2.57. The van der Waals surface area contributed by atoms with Crippen molar-refractivity contribution in [3.05, 3.63) is 46.8 Å². The first-order valence-electron chi connectivity index (χ1n) is 9.77. The monoisotopic (exact) mass is 546 g/mol. The van der Waals surface area contributed by atoms with Gasteiger partial charge in [-0.3, -0.25) is 9.78 Å². The average Bonchev–Trinajstić information content (AvgIpc) is 3.51. The summed E-state index contributed by atoms with van der Waals surface area (Å²) >= 11 is 18.3. The number of carbonyl (C=O) groups is 1. The van der Waals surface area contributed by atoms with E-state index in [0.29, 0.717) is 10.7 Å². The summed E-state index contributed by atoms with van der Waals surface area (Å²) in [6.45, 7) is -0.827. The number of pyridine rings is 1. The molecule has 1 aliphatic rings. The van der Waals surface area contributed by atoms with E-state index < -0.39 is 40.3 Å². The highest BCUT2D eigenvalue weighted by Crippen LogP contribution is 2.54. The van der Waals surface area contributed by atoms with Crippen LogP contribution in [0.5, 0.6) is 0 Å². The molecule has 1 fully saturated rings. The van der Waals surface area contributed by atoms with Gasteiger partial charge in [-0.2, -0.15) is 0 Å². The lowest BCUT2D eigenvalue weighted by molar-refractivity contribution is -0.268. The van der Waals surface area contributed by atoms with Crippen LogP contribution in [-0.4, -0.2) is 84.0 Å². The van der Waals surface area contributed by atoms with Crippen LogP contribution in [-0.2, 0) is 19.8 Å². The van der Waals surface area contributed by atoms with Gasteiger partial charge in [-0.25, -0.2) is 9.67 Å². The number of amides is 1. The van der Waals surface area contributed by atoms with E-state index >= 15 is 0 Å². The van der Waals surface area contributed by atoms with E-state index in [1.165, 1.54) is 48.8 Å². The maximum atomic E-state index is 13.5. The van der Waals surface area contributed by atoms with E-state index in [9.17, 15) is 15.0 Å². The minimum Gasteiger partial charge on any atom is -0.392 e. The molecule has 3 N–H and O–H groups in total. The number of thiol groups is 1. The van der Waals surface area contributed by atoms with Crippen molar-refractivity contribution in [3.8, 4) is 10.7 Å². The smallest absolute Gasteiger partial charge is 0.258 e. The highest BCUT2D eigenvalue weighted by atomic mass is 35.5. The highest BCUT2D eigenvalue weighted by Gasteiger charge is 2.75. The van der Waals surface area contributed by atoms with Crippen molar-refractivity contribution in [2.75, 3.05) is 20.8 Å². The van der Waals surface area contributed by atoms with Crippen LogP contribution >= 0.6 is 47.2 Å². The van der Waals surface area contributed by atoms with Gasteiger partial charge >= 0.3 is 0 Å². The van der Waals surface area contributed by atoms with Crippen LogP contribution in [0.2, 0.25) is 5.15 Å². The predicted octanol–water partition coefficient (Wildman–Crippen LogP) is 0.899. The van der Waals surface area contributed by atoms with Crippen LogP contribution in [0.1, 0.15) is 5.56 Å². The largest absolute Gasteiger partial charge is 0.392 e. The van der Waals surface area contributed by atoms with Gasteiger partial charge < -0.3 is 25.0 Å². The Morgan fingerprint density at radius 2 is 2.26 bits per heavy atom. The molecule has 1 amide bonds. The van der Waals surface area contributed by atoms with Crippen molar-refractivity contribution < 1.29 is 24.5 Å². The number of nitrogens with one attached hydrogen (secondary N) is 1. The van der Waals surface area contributed by atoms with E-state index in [1.807, 2.05) is 0 Å². The van der Waals surface area contributed by atoms with E-state index in [1.54, 1.807) is 17.5 Å². The third kappa shape index (κ3) is 3.45. The second-order valence-electron chi connectivity index (χ2n) is 7.37. The number of rotatable bonds is 6. The van der Waals surface area contributed by atoms with Crippen molar-refractivity contribution in [1.29, 1.82) is 0 Å². The molecule has 11 nitrogen and oxygen atoms in total. The number of thiazole rings is 1. The van der Waals surface area contributed by atoms with E-state index in [2.05, 4.69) is 38.2 Å². The molecule has 0 spiro atoms. The SMILES string of the molecule is CNC(=O)[C@]1(OC)[C@@H](S)O[C@](Cl)(CO)[C@H](O)C1(c1cccnc1)n1cc(-c2nc(Cl)cs2)nn1. The zero-order valence-corrected chi connectivity index (χ0v) is 21.0. The zero-order valence-electron chi connectivity index (χ0n) is 17.8. The Morgan fingerprint density at radius 1 is 1.50 bits per heavy atom. The summed E-state index contributed by atoms with van der Waals surface area (Å²) in [6, 6.07) is 3.21. The normalized spacial score (nSPS) is 31.4. The molecule has 0 bridgehead atoms. The lowest BCUT2D eigenvalue weighted by atomic mass is 9.67. The van der Waals surface area contributed by atoms with Crippen molar-refractivity contribution in [2.45, 2.75) is 27.7 Å². The van der Waals surface area contributed by atoms with Gasteiger partial charge in [0, 0.05) is 37.5 Å². The topological polar surface area (TPSA) is 145 Å². The molecule has 1 unspecified atom stereocenters. The fourth-order valence-electron chi connectivity index (χ4n) is 4.27. The Labute approximate surface area is 213 Å². The molecule has 4 heterocycles. The lowest BCUT2D eigenvalue weighted by Crippen LogP contribution is -2.80. The fourth-order valence-corrected chi connectivity index (χ4v) is 6.09. The summed E-state index contributed by atoms with van der Waals surface area (Å²) in [5.41, 5.74) is -4.88. The molecular weight excluding hydrogens is 527 g/mol. The Kier molecular flexibility index (Phi) is 6.92. The molecule has 4 rings (SSSR count). The maximum Gasteiger partial charge on any atom is 0.258 e. The van der Waals surface area contributed by atoms with Crippen molar-refractivity contribution in [2.24, 2.45) is 0 Å². The number of hydrogen-bond acceptors (Lipinski definition) is 11. The Balaban J connectivity index is 2.11.